The Kier molecular flexibility index (Phi) is 71.6. The van der Waals surface area contributed by atoms with Crippen molar-refractivity contribution in [3.05, 3.63) is 0 Å². The molecule has 588 valence electrons. The molecule has 0 spiro atoms. The number of rotatable bonds is 80. The lowest BCUT2D eigenvalue weighted by molar-refractivity contribution is -0.161. The van der Waals surface area contributed by atoms with Gasteiger partial charge in [-0.2, -0.15) is 0 Å². The van der Waals surface area contributed by atoms with Crippen molar-refractivity contribution in [1.29, 1.82) is 0 Å². The Bertz CT molecular complexity index is 1890. The molecule has 0 rings (SSSR count). The molecule has 0 amide bonds. The lowest BCUT2D eigenvalue weighted by Crippen LogP contribution is -2.30. The summed E-state index contributed by atoms with van der Waals surface area (Å²) in [6.07, 6.45) is 63.9. The molecule has 0 aliphatic rings. The number of phosphoric acid groups is 2. The van der Waals surface area contributed by atoms with Crippen LogP contribution >= 0.6 is 15.6 Å². The van der Waals surface area contributed by atoms with Crippen molar-refractivity contribution in [2.45, 2.75) is 445 Å². The average molecular weight is 1450 g/mol. The van der Waals surface area contributed by atoms with Gasteiger partial charge in [0.2, 0.25) is 0 Å². The van der Waals surface area contributed by atoms with Crippen molar-refractivity contribution in [2.24, 2.45) is 5.92 Å². The van der Waals surface area contributed by atoms with E-state index >= 15 is 0 Å². The molecule has 0 heterocycles. The second kappa shape index (κ2) is 73.0. The number of aliphatic hydroxyl groups excluding tert-OH is 1. The largest absolute Gasteiger partial charge is 0.472 e. The summed E-state index contributed by atoms with van der Waals surface area (Å²) in [5, 5.41) is 10.6. The summed E-state index contributed by atoms with van der Waals surface area (Å²) >= 11 is 0. The Labute approximate surface area is 607 Å². The van der Waals surface area contributed by atoms with E-state index in [-0.39, 0.29) is 25.7 Å². The predicted octanol–water partition coefficient (Wildman–Crippen LogP) is 24.0. The fourth-order valence-electron chi connectivity index (χ4n) is 12.4. The Hall–Kier alpha value is -1.94. The van der Waals surface area contributed by atoms with Gasteiger partial charge >= 0.3 is 39.5 Å². The third-order valence-electron chi connectivity index (χ3n) is 18.8. The number of esters is 4. The standard InChI is InChI=1S/C80H156O17P2/c1-6-9-12-15-18-21-24-27-29-30-31-32-33-34-35-36-38-41-44-51-56-61-66-80(85)96-75(69-90-77(82)63-58-53-48-42-40-37-28-25-22-19-16-13-10-7-2)71-94-98(86,87)92-67-74(81)68-93-99(88,89)95-72-76(70-91-78(83)64-59-54-49-46-45-47-52-57-62-73(4)5)97-79(84)65-60-55-50-43-39-26-23-20-17-14-11-8-3/h73-76,81H,6-72H2,1-5H3,(H,86,87)(H,88,89)/t74-,75-,76-/m1/s1. The molecular formula is C80H156O17P2. The summed E-state index contributed by atoms with van der Waals surface area (Å²) in [6, 6.07) is 0. The van der Waals surface area contributed by atoms with Crippen LogP contribution in [0.4, 0.5) is 0 Å². The Balaban J connectivity index is 5.20. The summed E-state index contributed by atoms with van der Waals surface area (Å²) in [5.41, 5.74) is 0. The number of hydrogen-bond donors (Lipinski definition) is 3. The smallest absolute Gasteiger partial charge is 0.462 e. The molecule has 0 saturated heterocycles. The van der Waals surface area contributed by atoms with Crippen LogP contribution in [0.25, 0.3) is 0 Å². The average Bonchev–Trinajstić information content (AvgIpc) is 1.21. The minimum absolute atomic E-state index is 0.107. The van der Waals surface area contributed by atoms with Gasteiger partial charge in [0.1, 0.15) is 19.3 Å². The van der Waals surface area contributed by atoms with Gasteiger partial charge in [0.15, 0.2) is 12.2 Å². The third kappa shape index (κ3) is 74.1. The molecule has 19 heteroatoms. The van der Waals surface area contributed by atoms with E-state index in [1.807, 2.05) is 0 Å². The topological polar surface area (TPSA) is 237 Å². The van der Waals surface area contributed by atoms with Crippen LogP contribution in [0, 0.1) is 5.92 Å². The first-order chi connectivity index (χ1) is 48.0. The van der Waals surface area contributed by atoms with Crippen molar-refractivity contribution >= 4 is 39.5 Å². The molecule has 3 N–H and O–H groups in total. The third-order valence-corrected chi connectivity index (χ3v) is 20.7. The lowest BCUT2D eigenvalue weighted by Gasteiger charge is -2.21. The van der Waals surface area contributed by atoms with E-state index in [1.54, 1.807) is 0 Å². The maximum atomic E-state index is 13.1. The number of unbranched alkanes of at least 4 members (excludes halogenated alkanes) is 52. The normalized spacial score (nSPS) is 13.9. The second-order valence-electron chi connectivity index (χ2n) is 29.3. The fourth-order valence-corrected chi connectivity index (χ4v) is 14.0. The van der Waals surface area contributed by atoms with E-state index in [9.17, 15) is 43.2 Å². The van der Waals surface area contributed by atoms with E-state index in [1.165, 1.54) is 250 Å². The quantitative estimate of drug-likeness (QED) is 0.0222. The molecule has 2 unspecified atom stereocenters. The summed E-state index contributed by atoms with van der Waals surface area (Å²) in [6.45, 7) is 7.28. The van der Waals surface area contributed by atoms with E-state index in [4.69, 9.17) is 37.0 Å². The predicted molar refractivity (Wildman–Crippen MR) is 405 cm³/mol. The fraction of sp³-hybridized carbons (Fsp3) is 0.950. The molecule has 5 atom stereocenters. The molecule has 99 heavy (non-hydrogen) atoms. The number of hydrogen-bond acceptors (Lipinski definition) is 15. The molecule has 0 aliphatic carbocycles. The van der Waals surface area contributed by atoms with Gasteiger partial charge < -0.3 is 33.8 Å². The van der Waals surface area contributed by atoms with Crippen molar-refractivity contribution in [2.75, 3.05) is 39.6 Å². The van der Waals surface area contributed by atoms with Crippen molar-refractivity contribution in [3.8, 4) is 0 Å². The monoisotopic (exact) mass is 1450 g/mol. The lowest BCUT2D eigenvalue weighted by atomic mass is 10.0. The molecule has 0 aliphatic heterocycles. The minimum atomic E-state index is -4.96. The van der Waals surface area contributed by atoms with Gasteiger partial charge in [-0.25, -0.2) is 9.13 Å². The summed E-state index contributed by atoms with van der Waals surface area (Å²) in [5.74, 6) is -1.38. The van der Waals surface area contributed by atoms with Crippen LogP contribution in [0.2, 0.25) is 0 Å². The first kappa shape index (κ1) is 97.1. The zero-order valence-corrected chi connectivity index (χ0v) is 66.4. The molecule has 0 aromatic heterocycles. The summed E-state index contributed by atoms with van der Waals surface area (Å²) < 4.78 is 68.6. The van der Waals surface area contributed by atoms with Gasteiger partial charge in [0.25, 0.3) is 0 Å². The molecular weight excluding hydrogens is 1290 g/mol. The number of aliphatic hydroxyl groups is 1. The van der Waals surface area contributed by atoms with Crippen LogP contribution in [-0.4, -0.2) is 96.7 Å². The number of carbonyl (C=O) groups is 4. The minimum Gasteiger partial charge on any atom is -0.462 e. The first-order valence-corrected chi connectivity index (χ1v) is 44.6. The Morgan fingerprint density at radius 1 is 0.273 bits per heavy atom. The van der Waals surface area contributed by atoms with Gasteiger partial charge in [0, 0.05) is 25.7 Å². The van der Waals surface area contributed by atoms with Crippen LogP contribution < -0.4 is 0 Å². The van der Waals surface area contributed by atoms with Crippen LogP contribution in [0.15, 0.2) is 0 Å². The van der Waals surface area contributed by atoms with E-state index in [2.05, 4.69) is 34.6 Å². The number of carbonyl (C=O) groups excluding carboxylic acids is 4. The maximum Gasteiger partial charge on any atom is 0.472 e. The molecule has 0 bridgehead atoms. The van der Waals surface area contributed by atoms with Crippen LogP contribution in [0.3, 0.4) is 0 Å². The SMILES string of the molecule is CCCCCCCCCCCCCCCCCCCCCCCCC(=O)O[C@H](COC(=O)CCCCCCCCCCCCCCCC)COP(=O)(O)OC[C@@H](O)COP(=O)(O)OC[C@@H](COC(=O)CCCCCCCCCCC(C)C)OC(=O)CCCCCCCCCCCCCC. The highest BCUT2D eigenvalue weighted by Crippen LogP contribution is 2.45. The van der Waals surface area contributed by atoms with Gasteiger partial charge in [0.05, 0.1) is 26.4 Å². The van der Waals surface area contributed by atoms with Gasteiger partial charge in [-0.15, -0.1) is 0 Å². The number of phosphoric ester groups is 2. The molecule has 0 saturated carbocycles. The molecule has 0 aromatic carbocycles. The van der Waals surface area contributed by atoms with Crippen molar-refractivity contribution in [3.63, 3.8) is 0 Å². The van der Waals surface area contributed by atoms with Gasteiger partial charge in [-0.3, -0.25) is 37.3 Å². The molecule has 17 nitrogen and oxygen atoms in total. The van der Waals surface area contributed by atoms with Crippen LogP contribution in [-0.2, 0) is 65.4 Å². The molecule has 0 radical (unpaired) electrons. The number of ether oxygens (including phenoxy) is 4. The van der Waals surface area contributed by atoms with Crippen molar-refractivity contribution < 1.29 is 80.2 Å². The van der Waals surface area contributed by atoms with Crippen molar-refractivity contribution in [1.82, 2.24) is 0 Å². The highest BCUT2D eigenvalue weighted by atomic mass is 31.2. The van der Waals surface area contributed by atoms with E-state index < -0.39 is 97.5 Å². The van der Waals surface area contributed by atoms with Crippen LogP contribution in [0.1, 0.15) is 426 Å². The summed E-state index contributed by atoms with van der Waals surface area (Å²) in [4.78, 5) is 72.9. The first-order valence-electron chi connectivity index (χ1n) is 41.6. The Morgan fingerprint density at radius 3 is 0.687 bits per heavy atom. The van der Waals surface area contributed by atoms with E-state index in [0.29, 0.717) is 25.7 Å². The maximum absolute atomic E-state index is 13.1. The second-order valence-corrected chi connectivity index (χ2v) is 32.2. The zero-order chi connectivity index (χ0) is 72.7. The molecule has 0 aromatic rings. The highest BCUT2D eigenvalue weighted by Gasteiger charge is 2.30. The van der Waals surface area contributed by atoms with E-state index in [0.717, 1.165) is 95.8 Å². The summed E-state index contributed by atoms with van der Waals surface area (Å²) in [7, 11) is -9.91. The van der Waals surface area contributed by atoms with Gasteiger partial charge in [-0.1, -0.05) is 375 Å². The van der Waals surface area contributed by atoms with Crippen LogP contribution in [0.5, 0.6) is 0 Å². The highest BCUT2D eigenvalue weighted by molar-refractivity contribution is 7.47. The van der Waals surface area contributed by atoms with Gasteiger partial charge in [-0.05, 0) is 31.6 Å². The molecule has 0 fully saturated rings. The zero-order valence-electron chi connectivity index (χ0n) is 64.6. The Morgan fingerprint density at radius 2 is 0.465 bits per heavy atom.